The van der Waals surface area contributed by atoms with Gasteiger partial charge in [-0.05, 0) is 16.8 Å². The first-order valence-electron chi connectivity index (χ1n) is 6.20. The van der Waals surface area contributed by atoms with E-state index in [1.807, 2.05) is 30.3 Å². The molecule has 1 aromatic heterocycles. The molecule has 0 unspecified atom stereocenters. The molecular formula is C16H14N2O. The number of hydrogen-bond donors (Lipinski definition) is 2. The molecule has 94 valence electrons. The maximum absolute atomic E-state index is 11.8. The Morgan fingerprint density at radius 2 is 1.74 bits per heavy atom. The van der Waals surface area contributed by atoms with Crippen LogP contribution in [0.25, 0.3) is 22.0 Å². The van der Waals surface area contributed by atoms with Crippen molar-refractivity contribution in [2.75, 3.05) is 0 Å². The summed E-state index contributed by atoms with van der Waals surface area (Å²) in [5.74, 6) is 0. The Hall–Kier alpha value is -2.39. The van der Waals surface area contributed by atoms with E-state index in [2.05, 4.69) is 23.2 Å². The van der Waals surface area contributed by atoms with Crippen molar-refractivity contribution in [1.82, 2.24) is 4.98 Å². The number of nitrogens with two attached hydrogens (primary N) is 1. The Morgan fingerprint density at radius 3 is 2.53 bits per heavy atom. The smallest absolute Gasteiger partial charge is 0.252 e. The fourth-order valence-electron chi connectivity index (χ4n) is 2.28. The molecule has 0 bridgehead atoms. The zero-order valence-electron chi connectivity index (χ0n) is 10.4. The van der Waals surface area contributed by atoms with Crippen molar-refractivity contribution in [3.05, 3.63) is 70.5 Å². The fourth-order valence-corrected chi connectivity index (χ4v) is 2.28. The lowest BCUT2D eigenvalue weighted by molar-refractivity contribution is 1.02. The van der Waals surface area contributed by atoms with E-state index in [1.165, 1.54) is 0 Å². The third-order valence-corrected chi connectivity index (χ3v) is 3.29. The van der Waals surface area contributed by atoms with Gasteiger partial charge in [0.2, 0.25) is 0 Å². The van der Waals surface area contributed by atoms with Gasteiger partial charge in [-0.1, -0.05) is 48.5 Å². The molecule has 3 nitrogen and oxygen atoms in total. The second kappa shape index (κ2) is 4.71. The minimum Gasteiger partial charge on any atom is -0.326 e. The predicted octanol–water partition coefficient (Wildman–Crippen LogP) is 2.65. The average molecular weight is 250 g/mol. The zero-order valence-corrected chi connectivity index (χ0v) is 10.4. The van der Waals surface area contributed by atoms with Crippen molar-refractivity contribution in [3.63, 3.8) is 0 Å². The summed E-state index contributed by atoms with van der Waals surface area (Å²) in [5.41, 5.74) is 7.84. The van der Waals surface area contributed by atoms with Crippen LogP contribution in [-0.2, 0) is 6.54 Å². The summed E-state index contributed by atoms with van der Waals surface area (Å²) in [7, 11) is 0. The summed E-state index contributed by atoms with van der Waals surface area (Å²) < 4.78 is 0. The van der Waals surface area contributed by atoms with Crippen LogP contribution in [-0.4, -0.2) is 4.98 Å². The standard InChI is InChI=1S/C16H14N2O/c17-10-12-8-9-15(18-16(12)19)14-7-3-5-11-4-1-2-6-13(11)14/h1-9H,10,17H2,(H,18,19). The van der Waals surface area contributed by atoms with Crippen LogP contribution in [0.3, 0.4) is 0 Å². The first-order chi connectivity index (χ1) is 9.29. The molecule has 0 aliphatic carbocycles. The lowest BCUT2D eigenvalue weighted by atomic mass is 10.0. The first kappa shape index (κ1) is 11.7. The molecule has 0 radical (unpaired) electrons. The van der Waals surface area contributed by atoms with E-state index in [1.54, 1.807) is 6.07 Å². The van der Waals surface area contributed by atoms with Crippen LogP contribution in [0.5, 0.6) is 0 Å². The van der Waals surface area contributed by atoms with Crippen molar-refractivity contribution < 1.29 is 0 Å². The maximum atomic E-state index is 11.8. The molecule has 3 heteroatoms. The molecule has 0 spiro atoms. The summed E-state index contributed by atoms with van der Waals surface area (Å²) in [6.07, 6.45) is 0. The van der Waals surface area contributed by atoms with Gasteiger partial charge in [0.15, 0.2) is 0 Å². The number of nitrogens with one attached hydrogen (secondary N) is 1. The summed E-state index contributed by atoms with van der Waals surface area (Å²) in [6, 6.07) is 17.9. The number of aromatic amines is 1. The molecule has 0 atom stereocenters. The average Bonchev–Trinajstić information content (AvgIpc) is 2.46. The molecule has 19 heavy (non-hydrogen) atoms. The quantitative estimate of drug-likeness (QED) is 0.734. The van der Waals surface area contributed by atoms with Crippen LogP contribution in [0, 0.1) is 0 Å². The van der Waals surface area contributed by atoms with Crippen LogP contribution in [0.15, 0.2) is 59.4 Å². The van der Waals surface area contributed by atoms with Gasteiger partial charge in [0.25, 0.3) is 5.56 Å². The zero-order chi connectivity index (χ0) is 13.2. The largest absolute Gasteiger partial charge is 0.326 e. The van der Waals surface area contributed by atoms with E-state index in [4.69, 9.17) is 5.73 Å². The Kier molecular flexibility index (Phi) is 2.89. The van der Waals surface area contributed by atoms with Crippen LogP contribution < -0.4 is 11.3 Å². The Labute approximate surface area is 110 Å². The van der Waals surface area contributed by atoms with Gasteiger partial charge in [0.05, 0.1) is 0 Å². The summed E-state index contributed by atoms with van der Waals surface area (Å²) in [5, 5.41) is 2.28. The second-order valence-corrected chi connectivity index (χ2v) is 4.46. The van der Waals surface area contributed by atoms with Gasteiger partial charge in [-0.25, -0.2) is 0 Å². The highest BCUT2D eigenvalue weighted by molar-refractivity contribution is 5.95. The minimum absolute atomic E-state index is 0.118. The summed E-state index contributed by atoms with van der Waals surface area (Å²) >= 11 is 0. The highest BCUT2D eigenvalue weighted by atomic mass is 16.1. The molecule has 1 heterocycles. The van der Waals surface area contributed by atoms with Gasteiger partial charge in [-0.3, -0.25) is 4.79 Å². The molecule has 0 fully saturated rings. The third-order valence-electron chi connectivity index (χ3n) is 3.29. The highest BCUT2D eigenvalue weighted by Gasteiger charge is 2.05. The van der Waals surface area contributed by atoms with E-state index in [0.717, 1.165) is 22.0 Å². The summed E-state index contributed by atoms with van der Waals surface area (Å²) in [4.78, 5) is 14.7. The Bertz CT molecular complexity index is 785. The van der Waals surface area contributed by atoms with Gasteiger partial charge in [-0.2, -0.15) is 0 Å². The van der Waals surface area contributed by atoms with Gasteiger partial charge in [0.1, 0.15) is 0 Å². The minimum atomic E-state index is -0.118. The lowest BCUT2D eigenvalue weighted by Gasteiger charge is -2.07. The number of fused-ring (bicyclic) bond motifs is 1. The Morgan fingerprint density at radius 1 is 0.947 bits per heavy atom. The van der Waals surface area contributed by atoms with E-state index >= 15 is 0 Å². The first-order valence-corrected chi connectivity index (χ1v) is 6.20. The fraction of sp³-hybridized carbons (Fsp3) is 0.0625. The van der Waals surface area contributed by atoms with E-state index in [-0.39, 0.29) is 12.1 Å². The second-order valence-electron chi connectivity index (χ2n) is 4.46. The van der Waals surface area contributed by atoms with Crippen LogP contribution in [0.4, 0.5) is 0 Å². The molecule has 3 aromatic rings. The number of hydrogen-bond acceptors (Lipinski definition) is 2. The van der Waals surface area contributed by atoms with Crippen molar-refractivity contribution >= 4 is 10.8 Å². The SMILES string of the molecule is NCc1ccc(-c2cccc3ccccc23)[nH]c1=O. The normalized spacial score (nSPS) is 10.8. The number of H-pyrrole nitrogens is 1. The van der Waals surface area contributed by atoms with Crippen molar-refractivity contribution in [3.8, 4) is 11.3 Å². The van der Waals surface area contributed by atoms with E-state index < -0.39 is 0 Å². The number of benzene rings is 2. The van der Waals surface area contributed by atoms with Gasteiger partial charge in [-0.15, -0.1) is 0 Å². The topological polar surface area (TPSA) is 58.9 Å². The molecule has 2 aromatic carbocycles. The van der Waals surface area contributed by atoms with Gasteiger partial charge >= 0.3 is 0 Å². The Balaban J connectivity index is 2.25. The van der Waals surface area contributed by atoms with E-state index in [9.17, 15) is 4.79 Å². The van der Waals surface area contributed by atoms with Crippen LogP contribution >= 0.6 is 0 Å². The number of pyridine rings is 1. The van der Waals surface area contributed by atoms with Crippen molar-refractivity contribution in [1.29, 1.82) is 0 Å². The molecule has 0 aliphatic heterocycles. The number of rotatable bonds is 2. The number of aromatic nitrogens is 1. The van der Waals surface area contributed by atoms with Crippen LogP contribution in [0.1, 0.15) is 5.56 Å². The van der Waals surface area contributed by atoms with Gasteiger partial charge in [0, 0.05) is 23.4 Å². The molecule has 0 amide bonds. The predicted molar refractivity (Wildman–Crippen MR) is 77.9 cm³/mol. The van der Waals surface area contributed by atoms with Crippen LogP contribution in [0.2, 0.25) is 0 Å². The molecular weight excluding hydrogens is 236 g/mol. The maximum Gasteiger partial charge on any atom is 0.252 e. The third kappa shape index (κ3) is 2.04. The molecule has 0 aliphatic rings. The highest BCUT2D eigenvalue weighted by Crippen LogP contribution is 2.26. The van der Waals surface area contributed by atoms with E-state index in [0.29, 0.717) is 5.56 Å². The molecule has 0 saturated heterocycles. The monoisotopic (exact) mass is 250 g/mol. The molecule has 3 rings (SSSR count). The molecule has 3 N–H and O–H groups in total. The molecule has 0 saturated carbocycles. The van der Waals surface area contributed by atoms with Crippen molar-refractivity contribution in [2.24, 2.45) is 5.73 Å². The van der Waals surface area contributed by atoms with Crippen molar-refractivity contribution in [2.45, 2.75) is 6.54 Å². The summed E-state index contributed by atoms with van der Waals surface area (Å²) in [6.45, 7) is 0.255. The lowest BCUT2D eigenvalue weighted by Crippen LogP contribution is -2.15. The van der Waals surface area contributed by atoms with Gasteiger partial charge < -0.3 is 10.7 Å².